The molecule has 0 unspecified atom stereocenters. The Morgan fingerprint density at radius 2 is 1.84 bits per heavy atom. The van der Waals surface area contributed by atoms with E-state index < -0.39 is 18.1 Å². The van der Waals surface area contributed by atoms with Crippen LogP contribution in [0.4, 0.5) is 0 Å². The summed E-state index contributed by atoms with van der Waals surface area (Å²) in [6.07, 6.45) is 3.18. The van der Waals surface area contributed by atoms with Crippen LogP contribution in [0.1, 0.15) is 49.4 Å². The summed E-state index contributed by atoms with van der Waals surface area (Å²) in [5.74, 6) is -0.350. The number of benzene rings is 1. The molecule has 1 fully saturated rings. The largest absolute Gasteiger partial charge is 0.493 e. The number of nitrogens with one attached hydrogen (secondary N) is 2. The molecule has 2 N–H and O–H groups in total. The molecule has 3 aliphatic rings. The van der Waals surface area contributed by atoms with Gasteiger partial charge >= 0.3 is 0 Å². The molecule has 3 heterocycles. The molecule has 204 valence electrons. The molecule has 2 bridgehead atoms. The number of ether oxygens (including phenoxy) is 3. The van der Waals surface area contributed by atoms with Gasteiger partial charge in [-0.05, 0) is 57.2 Å². The quantitative estimate of drug-likeness (QED) is 0.559. The Kier molecular flexibility index (Phi) is 10.6. The molecule has 0 aromatic heterocycles. The zero-order chi connectivity index (χ0) is 26.8. The normalized spacial score (nSPS) is 23.1. The van der Waals surface area contributed by atoms with Gasteiger partial charge in [-0.1, -0.05) is 0 Å². The van der Waals surface area contributed by atoms with Gasteiger partial charge in [-0.15, -0.1) is 0 Å². The van der Waals surface area contributed by atoms with Gasteiger partial charge in [0, 0.05) is 45.4 Å². The highest BCUT2D eigenvalue weighted by Crippen LogP contribution is 2.28. The minimum absolute atomic E-state index is 0.0247. The lowest BCUT2D eigenvalue weighted by molar-refractivity contribution is -0.141. The van der Waals surface area contributed by atoms with Crippen molar-refractivity contribution in [3.05, 3.63) is 23.8 Å². The van der Waals surface area contributed by atoms with Gasteiger partial charge in [-0.25, -0.2) is 0 Å². The lowest BCUT2D eigenvalue weighted by atomic mass is 10.1. The molecule has 3 aliphatic heterocycles. The number of rotatable bonds is 2. The Morgan fingerprint density at radius 3 is 2.57 bits per heavy atom. The summed E-state index contributed by atoms with van der Waals surface area (Å²) in [5, 5.41) is 5.53. The van der Waals surface area contributed by atoms with E-state index in [0.717, 1.165) is 6.42 Å². The molecule has 0 aliphatic carbocycles. The van der Waals surface area contributed by atoms with E-state index in [1.165, 1.54) is 7.11 Å². The molecule has 4 rings (SSSR count). The van der Waals surface area contributed by atoms with Crippen molar-refractivity contribution >= 4 is 23.6 Å². The fourth-order valence-corrected chi connectivity index (χ4v) is 4.39. The van der Waals surface area contributed by atoms with Crippen LogP contribution >= 0.6 is 0 Å². The highest BCUT2D eigenvalue weighted by molar-refractivity contribution is 5.95. The van der Waals surface area contributed by atoms with Crippen molar-refractivity contribution in [3.8, 4) is 11.5 Å². The number of carbonyl (C=O) groups excluding carboxylic acids is 4. The van der Waals surface area contributed by atoms with Gasteiger partial charge in [0.25, 0.3) is 17.7 Å². The van der Waals surface area contributed by atoms with E-state index in [2.05, 4.69) is 10.6 Å². The van der Waals surface area contributed by atoms with Crippen LogP contribution in [0.15, 0.2) is 18.2 Å². The summed E-state index contributed by atoms with van der Waals surface area (Å²) >= 11 is 0. The Morgan fingerprint density at radius 1 is 1.08 bits per heavy atom. The molecule has 0 saturated carbocycles. The second-order valence-corrected chi connectivity index (χ2v) is 9.35. The molecular weight excluding hydrogens is 480 g/mol. The van der Waals surface area contributed by atoms with Crippen molar-refractivity contribution < 1.29 is 33.4 Å². The molecule has 2 atom stereocenters. The van der Waals surface area contributed by atoms with Crippen LogP contribution in [-0.2, 0) is 19.1 Å². The van der Waals surface area contributed by atoms with Gasteiger partial charge in [-0.3, -0.25) is 19.2 Å². The van der Waals surface area contributed by atoms with Crippen molar-refractivity contribution in [2.75, 3.05) is 53.6 Å². The maximum atomic E-state index is 13.0. The highest BCUT2D eigenvalue weighted by Gasteiger charge is 2.28. The summed E-state index contributed by atoms with van der Waals surface area (Å²) in [6.45, 7) is 3.83. The maximum Gasteiger partial charge on any atom is 0.258 e. The van der Waals surface area contributed by atoms with Crippen LogP contribution in [0.5, 0.6) is 11.5 Å². The zero-order valence-corrected chi connectivity index (χ0v) is 21.9. The summed E-state index contributed by atoms with van der Waals surface area (Å²) in [7, 11) is 3.14. The third-order valence-corrected chi connectivity index (χ3v) is 6.49. The first-order chi connectivity index (χ1) is 17.8. The van der Waals surface area contributed by atoms with Crippen LogP contribution in [0.25, 0.3) is 0 Å². The van der Waals surface area contributed by atoms with Crippen molar-refractivity contribution in [1.82, 2.24) is 20.4 Å². The van der Waals surface area contributed by atoms with E-state index in [1.54, 1.807) is 42.0 Å². The predicted octanol–water partition coefficient (Wildman–Crippen LogP) is 0.958. The van der Waals surface area contributed by atoms with Crippen molar-refractivity contribution in [2.24, 2.45) is 0 Å². The summed E-state index contributed by atoms with van der Waals surface area (Å²) in [5.41, 5.74) is 0.383. The molecule has 11 heteroatoms. The third kappa shape index (κ3) is 8.08. The summed E-state index contributed by atoms with van der Waals surface area (Å²) in [4.78, 5) is 54.1. The first kappa shape index (κ1) is 28.2. The van der Waals surface area contributed by atoms with Crippen LogP contribution in [-0.4, -0.2) is 99.1 Å². The van der Waals surface area contributed by atoms with Gasteiger partial charge in [0.15, 0.2) is 18.1 Å². The van der Waals surface area contributed by atoms with Crippen molar-refractivity contribution in [2.45, 2.75) is 51.2 Å². The number of likely N-dealkylation sites (N-methyl/N-ethyl adjacent to an activating group) is 1. The van der Waals surface area contributed by atoms with Gasteiger partial charge < -0.3 is 34.6 Å². The molecule has 1 saturated heterocycles. The molecule has 0 radical (unpaired) electrons. The SMILES string of the molecule is COc1cc2ccc1OCC(=O)N[C@@H](C)C(=O)N(C)CCCCN(C(=O)[C@H]1CCCO1)CCCNC2=O. The number of hydrogen-bond donors (Lipinski definition) is 2. The van der Waals surface area contributed by atoms with E-state index in [0.29, 0.717) is 75.5 Å². The second-order valence-electron chi connectivity index (χ2n) is 9.35. The molecule has 4 amide bonds. The maximum absolute atomic E-state index is 13.0. The van der Waals surface area contributed by atoms with E-state index in [4.69, 9.17) is 14.2 Å². The number of methoxy groups -OCH3 is 1. The molecule has 37 heavy (non-hydrogen) atoms. The standard InChI is InChI=1S/C26H38N4O7/c1-18-25(33)29(2)12-4-5-13-30(26(34)21-8-6-15-36-21)14-7-11-27-24(32)19-9-10-20(22(16-19)35-3)37-17-23(31)28-18/h9-10,16,18,21H,4-8,11-15,17H2,1-3H3,(H,27,32)(H,28,31)/t18-,21+/m0/s1. The average Bonchev–Trinajstić information content (AvgIpc) is 3.44. The lowest BCUT2D eigenvalue weighted by Crippen LogP contribution is -2.47. The Labute approximate surface area is 217 Å². The molecular formula is C26H38N4O7. The first-order valence-electron chi connectivity index (χ1n) is 12.8. The Balaban J connectivity index is 1.72. The van der Waals surface area contributed by atoms with Crippen LogP contribution in [0.2, 0.25) is 0 Å². The van der Waals surface area contributed by atoms with Gasteiger partial charge in [-0.2, -0.15) is 0 Å². The third-order valence-electron chi connectivity index (χ3n) is 6.49. The number of fused-ring (bicyclic) bond motifs is 18. The number of nitrogens with zero attached hydrogens (tertiary/aromatic N) is 2. The zero-order valence-electron chi connectivity index (χ0n) is 21.9. The van der Waals surface area contributed by atoms with E-state index in [1.807, 2.05) is 0 Å². The van der Waals surface area contributed by atoms with Crippen LogP contribution in [0.3, 0.4) is 0 Å². The minimum Gasteiger partial charge on any atom is -0.493 e. The average molecular weight is 519 g/mol. The summed E-state index contributed by atoms with van der Waals surface area (Å²) in [6, 6.07) is 3.97. The van der Waals surface area contributed by atoms with E-state index in [9.17, 15) is 19.2 Å². The second kappa shape index (κ2) is 13.8. The topological polar surface area (TPSA) is 127 Å². The smallest absolute Gasteiger partial charge is 0.258 e. The fourth-order valence-electron chi connectivity index (χ4n) is 4.39. The number of amides is 4. The van der Waals surface area contributed by atoms with Crippen LogP contribution < -0.4 is 20.1 Å². The fraction of sp³-hybridized carbons (Fsp3) is 0.615. The predicted molar refractivity (Wildman–Crippen MR) is 135 cm³/mol. The van der Waals surface area contributed by atoms with Crippen molar-refractivity contribution in [3.63, 3.8) is 0 Å². The summed E-state index contributed by atoms with van der Waals surface area (Å²) < 4.78 is 16.5. The first-order valence-corrected chi connectivity index (χ1v) is 12.8. The highest BCUT2D eigenvalue weighted by atomic mass is 16.5. The van der Waals surface area contributed by atoms with Crippen LogP contribution in [0, 0.1) is 0 Å². The molecule has 11 nitrogen and oxygen atoms in total. The Hall–Kier alpha value is -3.34. The van der Waals surface area contributed by atoms with E-state index in [-0.39, 0.29) is 24.3 Å². The monoisotopic (exact) mass is 518 g/mol. The van der Waals surface area contributed by atoms with Crippen molar-refractivity contribution in [1.29, 1.82) is 0 Å². The van der Waals surface area contributed by atoms with Gasteiger partial charge in [0.05, 0.1) is 7.11 Å². The molecule has 1 aromatic rings. The molecule has 1 aromatic carbocycles. The number of carbonyl (C=O) groups is 4. The molecule has 0 spiro atoms. The number of hydrogen-bond acceptors (Lipinski definition) is 7. The van der Waals surface area contributed by atoms with Gasteiger partial charge in [0.2, 0.25) is 5.91 Å². The van der Waals surface area contributed by atoms with Gasteiger partial charge in [0.1, 0.15) is 12.1 Å². The lowest BCUT2D eigenvalue weighted by Gasteiger charge is -2.26. The Bertz CT molecular complexity index is 964. The van der Waals surface area contributed by atoms with E-state index >= 15 is 0 Å². The minimum atomic E-state index is -0.722.